The zero-order chi connectivity index (χ0) is 18.6. The first-order valence-electron chi connectivity index (χ1n) is 8.14. The highest BCUT2D eigenvalue weighted by atomic mass is 32.2. The number of carbonyl (C=O) groups is 1. The summed E-state index contributed by atoms with van der Waals surface area (Å²) < 4.78 is 27.7. The first kappa shape index (κ1) is 19.0. The van der Waals surface area contributed by atoms with Crippen LogP contribution in [0, 0.1) is 6.92 Å². The molecule has 0 aliphatic carbocycles. The average Bonchev–Trinajstić information content (AvgIpc) is 2.59. The van der Waals surface area contributed by atoms with Crippen molar-refractivity contribution in [1.29, 1.82) is 0 Å². The van der Waals surface area contributed by atoms with Crippen LogP contribution in [0.3, 0.4) is 0 Å². The van der Waals surface area contributed by atoms with Gasteiger partial charge >= 0.3 is 0 Å². The zero-order valence-electron chi connectivity index (χ0n) is 15.1. The molecule has 2 aromatic carbocycles. The van der Waals surface area contributed by atoms with Crippen molar-refractivity contribution >= 4 is 21.6 Å². The third-order valence-corrected chi connectivity index (χ3v) is 5.80. The number of carbonyl (C=O) groups excluding carboxylic acids is 1. The van der Waals surface area contributed by atoms with Gasteiger partial charge in [-0.05, 0) is 37.1 Å². The maximum absolute atomic E-state index is 13.2. The number of likely N-dealkylation sites (N-methyl/N-ethyl adjacent to an activating group) is 1. The minimum absolute atomic E-state index is 0.176. The molecule has 0 radical (unpaired) electrons. The first-order chi connectivity index (χ1) is 11.8. The van der Waals surface area contributed by atoms with Gasteiger partial charge in [0.05, 0.1) is 10.6 Å². The predicted octanol–water partition coefficient (Wildman–Crippen LogP) is 2.84. The molecule has 2 rings (SSSR count). The minimum atomic E-state index is -3.85. The maximum Gasteiger partial charge on any atom is 0.264 e. The lowest BCUT2D eigenvalue weighted by atomic mass is 10.1. The molecule has 6 heteroatoms. The Morgan fingerprint density at radius 2 is 1.60 bits per heavy atom. The van der Waals surface area contributed by atoms with E-state index in [1.807, 2.05) is 26.0 Å². The molecular weight excluding hydrogens is 336 g/mol. The molecule has 0 N–H and O–H groups in total. The van der Waals surface area contributed by atoms with Crippen molar-refractivity contribution in [2.24, 2.45) is 0 Å². The molecule has 0 spiro atoms. The lowest BCUT2D eigenvalue weighted by Gasteiger charge is -2.27. The van der Waals surface area contributed by atoms with Crippen LogP contribution in [0.4, 0.5) is 5.69 Å². The molecule has 0 aromatic heterocycles. The van der Waals surface area contributed by atoms with Crippen molar-refractivity contribution in [1.82, 2.24) is 4.90 Å². The summed E-state index contributed by atoms with van der Waals surface area (Å²) in [5, 5.41) is 0. The van der Waals surface area contributed by atoms with Crippen molar-refractivity contribution in [2.45, 2.75) is 25.2 Å². The van der Waals surface area contributed by atoms with E-state index in [2.05, 4.69) is 0 Å². The van der Waals surface area contributed by atoms with Gasteiger partial charge in [0.1, 0.15) is 6.54 Å². The van der Waals surface area contributed by atoms with E-state index in [4.69, 9.17) is 0 Å². The number of amides is 1. The lowest BCUT2D eigenvalue weighted by molar-refractivity contribution is -0.127. The largest absolute Gasteiger partial charge is 0.347 e. The second kappa shape index (κ2) is 7.70. The number of nitrogens with zero attached hydrogens (tertiary/aromatic N) is 2. The number of aryl methyl sites for hydroxylation is 2. The molecule has 0 unspecified atom stereocenters. The monoisotopic (exact) mass is 360 g/mol. The van der Waals surface area contributed by atoms with Crippen LogP contribution in [-0.2, 0) is 21.2 Å². The zero-order valence-corrected chi connectivity index (χ0v) is 15.9. The van der Waals surface area contributed by atoms with E-state index in [0.717, 1.165) is 11.1 Å². The highest BCUT2D eigenvalue weighted by Crippen LogP contribution is 2.27. The first-order valence-corrected chi connectivity index (χ1v) is 9.59. The summed E-state index contributed by atoms with van der Waals surface area (Å²) in [7, 11) is -0.615. The van der Waals surface area contributed by atoms with Gasteiger partial charge < -0.3 is 4.90 Å². The molecule has 0 fully saturated rings. The number of anilines is 1. The molecule has 0 saturated heterocycles. The van der Waals surface area contributed by atoms with Crippen LogP contribution in [0.15, 0.2) is 53.4 Å². The van der Waals surface area contributed by atoms with Crippen LogP contribution in [0.1, 0.15) is 18.1 Å². The lowest BCUT2D eigenvalue weighted by Crippen LogP contribution is -2.40. The van der Waals surface area contributed by atoms with Gasteiger partial charge in [-0.1, -0.05) is 42.8 Å². The molecule has 0 saturated carbocycles. The Kier molecular flexibility index (Phi) is 5.85. The molecule has 0 bridgehead atoms. The predicted molar refractivity (Wildman–Crippen MR) is 100 cm³/mol. The van der Waals surface area contributed by atoms with Crippen LogP contribution in [0.5, 0.6) is 0 Å². The molecule has 25 heavy (non-hydrogen) atoms. The third-order valence-electron chi connectivity index (χ3n) is 4.03. The van der Waals surface area contributed by atoms with Crippen molar-refractivity contribution in [3.05, 3.63) is 59.7 Å². The Labute approximate surface area is 149 Å². The topological polar surface area (TPSA) is 57.7 Å². The summed E-state index contributed by atoms with van der Waals surface area (Å²) in [6.07, 6.45) is 0.673. The number of rotatable bonds is 6. The molecule has 0 heterocycles. The second-order valence-corrected chi connectivity index (χ2v) is 7.96. The Balaban J connectivity index is 2.58. The smallest absolute Gasteiger partial charge is 0.264 e. The van der Waals surface area contributed by atoms with E-state index >= 15 is 0 Å². The molecule has 1 amide bonds. The van der Waals surface area contributed by atoms with Gasteiger partial charge in [-0.2, -0.15) is 0 Å². The summed E-state index contributed by atoms with van der Waals surface area (Å²) >= 11 is 0. The average molecular weight is 360 g/mol. The highest BCUT2D eigenvalue weighted by molar-refractivity contribution is 7.92. The van der Waals surface area contributed by atoms with Crippen LogP contribution < -0.4 is 4.31 Å². The molecule has 5 nitrogen and oxygen atoms in total. The highest BCUT2D eigenvalue weighted by Gasteiger charge is 2.28. The van der Waals surface area contributed by atoms with E-state index in [1.165, 1.54) is 9.21 Å². The fourth-order valence-electron chi connectivity index (χ4n) is 2.45. The molecule has 0 aliphatic heterocycles. The number of benzene rings is 2. The molecule has 0 aliphatic rings. The Hall–Kier alpha value is -2.34. The van der Waals surface area contributed by atoms with Crippen molar-refractivity contribution < 1.29 is 13.2 Å². The SMILES string of the molecule is CCc1ccccc1N(CC(=O)N(C)C)S(=O)(=O)c1ccc(C)cc1. The number of para-hydroxylation sites is 1. The Morgan fingerprint density at radius 1 is 1.00 bits per heavy atom. The van der Waals surface area contributed by atoms with Gasteiger partial charge in [0.25, 0.3) is 10.0 Å². The fraction of sp³-hybridized carbons (Fsp3) is 0.316. The molecule has 2 aromatic rings. The van der Waals surface area contributed by atoms with Crippen molar-refractivity contribution in [3.8, 4) is 0 Å². The van der Waals surface area contributed by atoms with Gasteiger partial charge in [-0.3, -0.25) is 9.10 Å². The quantitative estimate of drug-likeness (QED) is 0.796. The van der Waals surface area contributed by atoms with Crippen LogP contribution >= 0.6 is 0 Å². The van der Waals surface area contributed by atoms with Gasteiger partial charge in [-0.15, -0.1) is 0 Å². The standard InChI is InChI=1S/C19H24N2O3S/c1-5-16-8-6-7-9-18(16)21(14-19(22)20(3)4)25(23,24)17-12-10-15(2)11-13-17/h6-13H,5,14H2,1-4H3. The van der Waals surface area contributed by atoms with E-state index in [0.29, 0.717) is 12.1 Å². The fourth-order valence-corrected chi connectivity index (χ4v) is 3.91. The Morgan fingerprint density at radius 3 is 2.16 bits per heavy atom. The Bertz CT molecular complexity index is 843. The van der Waals surface area contributed by atoms with Crippen molar-refractivity contribution in [2.75, 3.05) is 24.9 Å². The van der Waals surface area contributed by atoms with E-state index in [1.54, 1.807) is 50.5 Å². The second-order valence-electron chi connectivity index (χ2n) is 6.10. The maximum atomic E-state index is 13.2. The third kappa shape index (κ3) is 4.20. The van der Waals surface area contributed by atoms with E-state index < -0.39 is 10.0 Å². The van der Waals surface area contributed by atoms with Crippen molar-refractivity contribution in [3.63, 3.8) is 0 Å². The van der Waals surface area contributed by atoms with Gasteiger partial charge in [0.2, 0.25) is 5.91 Å². The summed E-state index contributed by atoms with van der Waals surface area (Å²) in [5.74, 6) is -0.276. The van der Waals surface area contributed by atoms with Crippen LogP contribution in [-0.4, -0.2) is 39.9 Å². The molecule has 134 valence electrons. The summed E-state index contributed by atoms with van der Waals surface area (Å²) in [6, 6.07) is 13.9. The van der Waals surface area contributed by atoms with E-state index in [9.17, 15) is 13.2 Å². The van der Waals surface area contributed by atoms with Gasteiger partial charge in [0, 0.05) is 14.1 Å². The molecular formula is C19H24N2O3S. The molecule has 0 atom stereocenters. The van der Waals surface area contributed by atoms with Crippen LogP contribution in [0.25, 0.3) is 0 Å². The number of sulfonamides is 1. The van der Waals surface area contributed by atoms with Crippen LogP contribution in [0.2, 0.25) is 0 Å². The number of hydrogen-bond donors (Lipinski definition) is 0. The number of hydrogen-bond acceptors (Lipinski definition) is 3. The summed E-state index contributed by atoms with van der Waals surface area (Å²) in [5.41, 5.74) is 2.40. The van der Waals surface area contributed by atoms with Gasteiger partial charge in [0.15, 0.2) is 0 Å². The minimum Gasteiger partial charge on any atom is -0.347 e. The van der Waals surface area contributed by atoms with E-state index in [-0.39, 0.29) is 17.3 Å². The summed E-state index contributed by atoms with van der Waals surface area (Å²) in [4.78, 5) is 13.8. The summed E-state index contributed by atoms with van der Waals surface area (Å²) in [6.45, 7) is 3.62. The normalized spacial score (nSPS) is 11.2. The van der Waals surface area contributed by atoms with Gasteiger partial charge in [-0.25, -0.2) is 8.42 Å².